The Labute approximate surface area is 170 Å². The van der Waals surface area contributed by atoms with E-state index < -0.39 is 30.5 Å². The summed E-state index contributed by atoms with van der Waals surface area (Å²) < 4.78 is 9.74. The number of nitrogens with zero attached hydrogens (tertiary/aromatic N) is 2. The van der Waals surface area contributed by atoms with Crippen LogP contribution in [0.25, 0.3) is 0 Å². The number of nitrogens with one attached hydrogen (secondary N) is 1. The zero-order valence-corrected chi connectivity index (χ0v) is 18.1. The molecule has 0 fully saturated rings. The molecule has 1 N–H and O–H groups in total. The Morgan fingerprint density at radius 3 is 2.29 bits per heavy atom. The van der Waals surface area contributed by atoms with Crippen molar-refractivity contribution in [2.45, 2.75) is 58.2 Å². The Balaban J connectivity index is 2.54. The number of ether oxygens (including phenoxy) is 2. The normalized spacial score (nSPS) is 12.8. The van der Waals surface area contributed by atoms with Crippen LogP contribution in [0.5, 0.6) is 0 Å². The summed E-state index contributed by atoms with van der Waals surface area (Å²) in [5, 5.41) is 3.26. The van der Waals surface area contributed by atoms with Crippen LogP contribution in [0.4, 0.5) is 0 Å². The molecule has 1 aromatic heterocycles. The fourth-order valence-electron chi connectivity index (χ4n) is 2.62. The van der Waals surface area contributed by atoms with Crippen LogP contribution in [-0.2, 0) is 30.3 Å². The van der Waals surface area contributed by atoms with Gasteiger partial charge in [-0.2, -0.15) is 0 Å². The summed E-state index contributed by atoms with van der Waals surface area (Å²) in [4.78, 5) is 44.6. The van der Waals surface area contributed by atoms with Gasteiger partial charge in [0.15, 0.2) is 11.8 Å². The summed E-state index contributed by atoms with van der Waals surface area (Å²) in [5.41, 5.74) is 2.57. The van der Waals surface area contributed by atoms with E-state index in [1.807, 2.05) is 34.0 Å². The van der Waals surface area contributed by atoms with Crippen molar-refractivity contribution in [2.24, 2.45) is 5.92 Å². The molecule has 0 aliphatic carbocycles. The number of rotatable bonds is 10. The van der Waals surface area contributed by atoms with E-state index in [1.54, 1.807) is 0 Å². The SMILES string of the molecule is CC[C@H](C)[C@@H](NC(=O)COC(=O)CCc1c(C)nc(SC)nc1C)C(=O)OC. The van der Waals surface area contributed by atoms with E-state index >= 15 is 0 Å². The molecule has 0 spiro atoms. The van der Waals surface area contributed by atoms with Crippen molar-refractivity contribution in [1.82, 2.24) is 15.3 Å². The molecule has 1 aromatic rings. The quantitative estimate of drug-likeness (QED) is 0.354. The molecule has 0 saturated carbocycles. The number of esters is 2. The van der Waals surface area contributed by atoms with Crippen molar-refractivity contribution in [2.75, 3.05) is 20.0 Å². The lowest BCUT2D eigenvalue weighted by molar-refractivity contribution is -0.151. The highest BCUT2D eigenvalue weighted by Crippen LogP contribution is 2.17. The molecule has 0 bridgehead atoms. The maximum Gasteiger partial charge on any atom is 0.328 e. The van der Waals surface area contributed by atoms with Gasteiger partial charge in [0.05, 0.1) is 7.11 Å². The predicted octanol–water partition coefficient (Wildman–Crippen LogP) is 2.00. The van der Waals surface area contributed by atoms with Gasteiger partial charge in [0.2, 0.25) is 0 Å². The van der Waals surface area contributed by atoms with Gasteiger partial charge in [0.1, 0.15) is 6.04 Å². The molecule has 0 unspecified atom stereocenters. The van der Waals surface area contributed by atoms with Gasteiger partial charge in [0.25, 0.3) is 5.91 Å². The molecule has 0 saturated heterocycles. The summed E-state index contributed by atoms with van der Waals surface area (Å²) in [6.45, 7) is 7.06. The number of hydrogen-bond acceptors (Lipinski definition) is 8. The first-order chi connectivity index (χ1) is 13.2. The molecule has 2 atom stereocenters. The summed E-state index contributed by atoms with van der Waals surface area (Å²) in [6, 6.07) is -0.765. The highest BCUT2D eigenvalue weighted by Gasteiger charge is 2.27. The van der Waals surface area contributed by atoms with Crippen LogP contribution in [-0.4, -0.2) is 53.8 Å². The van der Waals surface area contributed by atoms with Gasteiger partial charge in [-0.05, 0) is 38.0 Å². The molecule has 8 nitrogen and oxygen atoms in total. The lowest BCUT2D eigenvalue weighted by Gasteiger charge is -2.21. The third kappa shape index (κ3) is 7.10. The Morgan fingerprint density at radius 1 is 1.18 bits per heavy atom. The van der Waals surface area contributed by atoms with Crippen LogP contribution in [0.15, 0.2) is 5.16 Å². The number of aryl methyl sites for hydroxylation is 2. The summed E-state index contributed by atoms with van der Waals surface area (Å²) >= 11 is 1.46. The van der Waals surface area contributed by atoms with Crippen molar-refractivity contribution < 1.29 is 23.9 Å². The highest BCUT2D eigenvalue weighted by molar-refractivity contribution is 7.98. The van der Waals surface area contributed by atoms with E-state index in [-0.39, 0.29) is 12.3 Å². The Bertz CT molecular complexity index is 688. The molecule has 0 radical (unpaired) electrons. The molecule has 0 aliphatic rings. The number of amides is 1. The van der Waals surface area contributed by atoms with Crippen LogP contribution in [0.2, 0.25) is 0 Å². The standard InChI is InChI=1S/C19H29N3O5S/c1-7-11(2)17(18(25)26-5)22-15(23)10-27-16(24)9-8-14-12(3)20-19(28-6)21-13(14)4/h11,17H,7-10H2,1-6H3,(H,22,23)/t11-,17+/m0/s1. The number of carbonyl (C=O) groups excluding carboxylic acids is 3. The van der Waals surface area contributed by atoms with Crippen molar-refractivity contribution in [1.29, 1.82) is 0 Å². The lowest BCUT2D eigenvalue weighted by Crippen LogP contribution is -2.47. The van der Waals surface area contributed by atoms with Crippen LogP contribution >= 0.6 is 11.8 Å². The number of aromatic nitrogens is 2. The van der Waals surface area contributed by atoms with Gasteiger partial charge in [-0.3, -0.25) is 9.59 Å². The molecule has 0 aliphatic heterocycles. The molecule has 1 amide bonds. The van der Waals surface area contributed by atoms with E-state index in [9.17, 15) is 14.4 Å². The minimum absolute atomic E-state index is 0.0951. The van der Waals surface area contributed by atoms with E-state index in [4.69, 9.17) is 9.47 Å². The van der Waals surface area contributed by atoms with Gasteiger partial charge < -0.3 is 14.8 Å². The summed E-state index contributed by atoms with van der Waals surface area (Å²) in [7, 11) is 1.27. The summed E-state index contributed by atoms with van der Waals surface area (Å²) in [5.74, 6) is -1.65. The van der Waals surface area contributed by atoms with Crippen LogP contribution in [0.3, 0.4) is 0 Å². The Kier molecular flexibility index (Phi) is 9.92. The average Bonchev–Trinajstić information content (AvgIpc) is 2.68. The minimum Gasteiger partial charge on any atom is -0.467 e. The van der Waals surface area contributed by atoms with Gasteiger partial charge in [0, 0.05) is 17.8 Å². The second kappa shape index (κ2) is 11.6. The van der Waals surface area contributed by atoms with Crippen LogP contribution in [0, 0.1) is 19.8 Å². The van der Waals surface area contributed by atoms with Crippen molar-refractivity contribution in [3.8, 4) is 0 Å². The molecule has 28 heavy (non-hydrogen) atoms. The molecule has 1 rings (SSSR count). The first-order valence-corrected chi connectivity index (χ1v) is 10.4. The topological polar surface area (TPSA) is 107 Å². The second-order valence-electron chi connectivity index (χ2n) is 6.47. The maximum atomic E-state index is 12.0. The average molecular weight is 412 g/mol. The predicted molar refractivity (Wildman–Crippen MR) is 106 cm³/mol. The number of hydrogen-bond donors (Lipinski definition) is 1. The van der Waals surface area contributed by atoms with E-state index in [1.165, 1.54) is 18.9 Å². The van der Waals surface area contributed by atoms with Crippen molar-refractivity contribution >= 4 is 29.6 Å². The zero-order valence-electron chi connectivity index (χ0n) is 17.3. The molecule has 156 valence electrons. The number of carbonyl (C=O) groups is 3. The van der Waals surface area contributed by atoms with Crippen LogP contribution < -0.4 is 5.32 Å². The van der Waals surface area contributed by atoms with E-state index in [0.29, 0.717) is 18.0 Å². The lowest BCUT2D eigenvalue weighted by atomic mass is 9.99. The fourth-order valence-corrected chi connectivity index (χ4v) is 3.07. The van der Waals surface area contributed by atoms with E-state index in [2.05, 4.69) is 15.3 Å². The first kappa shape index (κ1) is 23.9. The highest BCUT2D eigenvalue weighted by atomic mass is 32.2. The molecule has 1 heterocycles. The van der Waals surface area contributed by atoms with Gasteiger partial charge in [-0.25, -0.2) is 14.8 Å². The second-order valence-corrected chi connectivity index (χ2v) is 7.25. The minimum atomic E-state index is -0.765. The van der Waals surface area contributed by atoms with E-state index in [0.717, 1.165) is 17.0 Å². The van der Waals surface area contributed by atoms with Crippen LogP contribution in [0.1, 0.15) is 43.6 Å². The van der Waals surface area contributed by atoms with Gasteiger partial charge in [-0.15, -0.1) is 0 Å². The Morgan fingerprint density at radius 2 is 1.79 bits per heavy atom. The number of thioether (sulfide) groups is 1. The fraction of sp³-hybridized carbons (Fsp3) is 0.632. The summed E-state index contributed by atoms with van der Waals surface area (Å²) in [6.07, 6.45) is 3.14. The molecule has 9 heteroatoms. The maximum absolute atomic E-state index is 12.0. The third-order valence-electron chi connectivity index (χ3n) is 4.51. The monoisotopic (exact) mass is 411 g/mol. The molecule has 0 aromatic carbocycles. The smallest absolute Gasteiger partial charge is 0.328 e. The third-order valence-corrected chi connectivity index (χ3v) is 5.06. The largest absolute Gasteiger partial charge is 0.467 e. The van der Waals surface area contributed by atoms with Crippen molar-refractivity contribution in [3.63, 3.8) is 0 Å². The molecular formula is C19H29N3O5S. The van der Waals surface area contributed by atoms with Crippen molar-refractivity contribution in [3.05, 3.63) is 17.0 Å². The first-order valence-electron chi connectivity index (χ1n) is 9.14. The van der Waals surface area contributed by atoms with Gasteiger partial charge >= 0.3 is 11.9 Å². The van der Waals surface area contributed by atoms with Gasteiger partial charge in [-0.1, -0.05) is 32.0 Å². The Hall–Kier alpha value is -2.16. The number of methoxy groups -OCH3 is 1. The zero-order chi connectivity index (χ0) is 21.3. The molecular weight excluding hydrogens is 382 g/mol.